The van der Waals surface area contributed by atoms with Crippen LogP contribution in [0.5, 0.6) is 0 Å². The van der Waals surface area contributed by atoms with Crippen LogP contribution in [0.1, 0.15) is 13.3 Å². The van der Waals surface area contributed by atoms with Crippen LogP contribution in [0.15, 0.2) is 24.3 Å². The Morgan fingerprint density at radius 1 is 1.53 bits per heavy atom. The van der Waals surface area contributed by atoms with Gasteiger partial charge in [-0.05, 0) is 31.2 Å². The SMILES string of the molecule is CCNC1CCN(c2cccc(F)c2)C1. The summed E-state index contributed by atoms with van der Waals surface area (Å²) in [6, 6.07) is 7.39. The Kier molecular flexibility index (Phi) is 3.21. The number of likely N-dealkylation sites (N-methyl/N-ethyl adjacent to an activating group) is 1. The molecule has 2 nitrogen and oxygen atoms in total. The van der Waals surface area contributed by atoms with E-state index in [1.165, 1.54) is 6.07 Å². The van der Waals surface area contributed by atoms with Crippen molar-refractivity contribution in [3.8, 4) is 0 Å². The summed E-state index contributed by atoms with van der Waals surface area (Å²) in [6.07, 6.45) is 1.14. The van der Waals surface area contributed by atoms with Crippen molar-refractivity contribution in [2.24, 2.45) is 0 Å². The van der Waals surface area contributed by atoms with Crippen molar-refractivity contribution in [2.45, 2.75) is 19.4 Å². The van der Waals surface area contributed by atoms with Gasteiger partial charge in [-0.2, -0.15) is 0 Å². The van der Waals surface area contributed by atoms with Crippen molar-refractivity contribution < 1.29 is 4.39 Å². The highest BCUT2D eigenvalue weighted by molar-refractivity contribution is 5.47. The van der Waals surface area contributed by atoms with Gasteiger partial charge in [0.2, 0.25) is 0 Å². The largest absolute Gasteiger partial charge is 0.370 e. The van der Waals surface area contributed by atoms with E-state index in [9.17, 15) is 4.39 Å². The molecular formula is C12H17FN2. The first kappa shape index (κ1) is 10.4. The molecule has 0 amide bonds. The number of nitrogens with one attached hydrogen (secondary N) is 1. The summed E-state index contributed by atoms with van der Waals surface area (Å²) in [5.74, 6) is -0.153. The number of halogens is 1. The molecule has 1 aliphatic rings. The van der Waals surface area contributed by atoms with Crippen LogP contribution in [-0.4, -0.2) is 25.7 Å². The highest BCUT2D eigenvalue weighted by Crippen LogP contribution is 2.20. The molecule has 1 unspecified atom stereocenters. The molecule has 1 aromatic rings. The predicted octanol–water partition coefficient (Wildman–Crippen LogP) is 2.01. The lowest BCUT2D eigenvalue weighted by Gasteiger charge is -2.18. The fourth-order valence-corrected chi connectivity index (χ4v) is 2.12. The quantitative estimate of drug-likeness (QED) is 0.817. The third-order valence-electron chi connectivity index (χ3n) is 2.85. The lowest BCUT2D eigenvalue weighted by Crippen LogP contribution is -2.32. The predicted molar refractivity (Wildman–Crippen MR) is 60.7 cm³/mol. The van der Waals surface area contributed by atoms with Crippen LogP contribution in [-0.2, 0) is 0 Å². The van der Waals surface area contributed by atoms with Crippen LogP contribution >= 0.6 is 0 Å². The molecule has 82 valence electrons. The topological polar surface area (TPSA) is 15.3 Å². The minimum absolute atomic E-state index is 0.153. The van der Waals surface area contributed by atoms with Crippen LogP contribution in [0.2, 0.25) is 0 Å². The smallest absolute Gasteiger partial charge is 0.125 e. The molecule has 1 heterocycles. The lowest BCUT2D eigenvalue weighted by atomic mass is 10.2. The molecule has 0 bridgehead atoms. The summed E-state index contributed by atoms with van der Waals surface area (Å²) in [7, 11) is 0. The molecule has 3 heteroatoms. The van der Waals surface area contributed by atoms with Gasteiger partial charge in [0, 0.05) is 24.8 Å². The second-order valence-corrected chi connectivity index (χ2v) is 3.97. The molecule has 0 spiro atoms. The van der Waals surface area contributed by atoms with Gasteiger partial charge in [0.1, 0.15) is 5.82 Å². The van der Waals surface area contributed by atoms with E-state index in [0.717, 1.165) is 31.7 Å². The van der Waals surface area contributed by atoms with Gasteiger partial charge in [-0.25, -0.2) is 4.39 Å². The van der Waals surface area contributed by atoms with Crippen LogP contribution in [0.4, 0.5) is 10.1 Å². The van der Waals surface area contributed by atoms with Crippen molar-refractivity contribution in [1.29, 1.82) is 0 Å². The Bertz CT molecular complexity index is 327. The molecule has 1 aliphatic heterocycles. The van der Waals surface area contributed by atoms with Gasteiger partial charge >= 0.3 is 0 Å². The van der Waals surface area contributed by atoms with Crippen molar-refractivity contribution >= 4 is 5.69 Å². The van der Waals surface area contributed by atoms with E-state index in [1.54, 1.807) is 12.1 Å². The maximum Gasteiger partial charge on any atom is 0.125 e. The number of hydrogen-bond acceptors (Lipinski definition) is 2. The fraction of sp³-hybridized carbons (Fsp3) is 0.500. The van der Waals surface area contributed by atoms with Gasteiger partial charge in [0.15, 0.2) is 0 Å². The Morgan fingerprint density at radius 2 is 2.40 bits per heavy atom. The Balaban J connectivity index is 2.01. The maximum atomic E-state index is 13.0. The molecule has 1 atom stereocenters. The van der Waals surface area contributed by atoms with Gasteiger partial charge in [-0.15, -0.1) is 0 Å². The van der Waals surface area contributed by atoms with Crippen molar-refractivity contribution in [3.05, 3.63) is 30.1 Å². The zero-order valence-electron chi connectivity index (χ0n) is 9.04. The molecule has 0 radical (unpaired) electrons. The minimum atomic E-state index is -0.153. The Hall–Kier alpha value is -1.09. The zero-order valence-corrected chi connectivity index (χ0v) is 9.04. The summed E-state index contributed by atoms with van der Waals surface area (Å²) in [6.45, 7) is 5.12. The summed E-state index contributed by atoms with van der Waals surface area (Å²) in [5.41, 5.74) is 0.996. The van der Waals surface area contributed by atoms with E-state index < -0.39 is 0 Å². The van der Waals surface area contributed by atoms with E-state index in [-0.39, 0.29) is 5.82 Å². The number of benzene rings is 1. The average Bonchev–Trinajstić information content (AvgIpc) is 2.67. The monoisotopic (exact) mass is 208 g/mol. The molecule has 1 N–H and O–H groups in total. The second kappa shape index (κ2) is 4.62. The molecular weight excluding hydrogens is 191 g/mol. The zero-order chi connectivity index (χ0) is 10.7. The summed E-state index contributed by atoms with van der Waals surface area (Å²) >= 11 is 0. The van der Waals surface area contributed by atoms with Crippen molar-refractivity contribution in [1.82, 2.24) is 5.32 Å². The van der Waals surface area contributed by atoms with Crippen LogP contribution < -0.4 is 10.2 Å². The Morgan fingerprint density at radius 3 is 3.13 bits per heavy atom. The highest BCUT2D eigenvalue weighted by Gasteiger charge is 2.21. The molecule has 1 aromatic carbocycles. The van der Waals surface area contributed by atoms with Gasteiger partial charge in [0.25, 0.3) is 0 Å². The van der Waals surface area contributed by atoms with Gasteiger partial charge in [-0.1, -0.05) is 13.0 Å². The first-order valence-corrected chi connectivity index (χ1v) is 5.53. The molecule has 1 saturated heterocycles. The Labute approximate surface area is 90.1 Å². The third-order valence-corrected chi connectivity index (χ3v) is 2.85. The normalized spacial score (nSPS) is 20.9. The average molecular weight is 208 g/mol. The third kappa shape index (κ3) is 2.48. The first-order chi connectivity index (χ1) is 7.29. The second-order valence-electron chi connectivity index (χ2n) is 3.97. The van der Waals surface area contributed by atoms with Crippen molar-refractivity contribution in [3.63, 3.8) is 0 Å². The van der Waals surface area contributed by atoms with E-state index in [1.807, 2.05) is 6.07 Å². The van der Waals surface area contributed by atoms with Crippen molar-refractivity contribution in [2.75, 3.05) is 24.5 Å². The minimum Gasteiger partial charge on any atom is -0.370 e. The van der Waals surface area contributed by atoms with E-state index in [4.69, 9.17) is 0 Å². The van der Waals surface area contributed by atoms with E-state index in [2.05, 4.69) is 17.1 Å². The lowest BCUT2D eigenvalue weighted by molar-refractivity contribution is 0.571. The standard InChI is InChI=1S/C12H17FN2/c1-2-14-11-6-7-15(9-11)12-5-3-4-10(13)8-12/h3-5,8,11,14H,2,6-7,9H2,1H3. The van der Waals surface area contributed by atoms with Gasteiger partial charge in [0.05, 0.1) is 0 Å². The van der Waals surface area contributed by atoms with Gasteiger partial charge < -0.3 is 10.2 Å². The summed E-state index contributed by atoms with van der Waals surface area (Å²) < 4.78 is 13.0. The highest BCUT2D eigenvalue weighted by atomic mass is 19.1. The van der Waals surface area contributed by atoms with Crippen LogP contribution in [0.25, 0.3) is 0 Å². The number of anilines is 1. The molecule has 2 rings (SSSR count). The van der Waals surface area contributed by atoms with Crippen LogP contribution in [0.3, 0.4) is 0 Å². The van der Waals surface area contributed by atoms with Crippen LogP contribution in [0, 0.1) is 5.82 Å². The van der Waals surface area contributed by atoms with E-state index in [0.29, 0.717) is 6.04 Å². The first-order valence-electron chi connectivity index (χ1n) is 5.53. The molecule has 1 fully saturated rings. The maximum absolute atomic E-state index is 13.0. The number of hydrogen-bond donors (Lipinski definition) is 1. The molecule has 15 heavy (non-hydrogen) atoms. The molecule has 0 saturated carbocycles. The number of rotatable bonds is 3. The molecule has 0 aliphatic carbocycles. The summed E-state index contributed by atoms with van der Waals surface area (Å²) in [4.78, 5) is 2.23. The van der Waals surface area contributed by atoms with E-state index >= 15 is 0 Å². The number of nitrogens with zero attached hydrogens (tertiary/aromatic N) is 1. The molecule has 0 aromatic heterocycles. The fourth-order valence-electron chi connectivity index (χ4n) is 2.12. The van der Waals surface area contributed by atoms with Gasteiger partial charge in [-0.3, -0.25) is 0 Å². The summed E-state index contributed by atoms with van der Waals surface area (Å²) in [5, 5.41) is 3.42.